The fourth-order valence-corrected chi connectivity index (χ4v) is 2.94. The standard InChI is InChI=1S/C15H17F2N7O3/c16-15(17)23-2-1-19-12(23)9-21-3-5-22(6-4-21)14-11(13(18)25)7-10(8-20-14)24(26)27/h1-2,7-8,15H,3-6,9H2,(H2,18,25). The number of nitrogens with two attached hydrogens (primary N) is 1. The molecule has 12 heteroatoms. The first-order valence-corrected chi connectivity index (χ1v) is 8.08. The number of nitrogens with zero attached hydrogens (tertiary/aromatic N) is 6. The molecule has 3 rings (SSSR count). The minimum Gasteiger partial charge on any atom is -0.365 e. The highest BCUT2D eigenvalue weighted by molar-refractivity contribution is 5.98. The highest BCUT2D eigenvalue weighted by Gasteiger charge is 2.25. The van der Waals surface area contributed by atoms with Crippen molar-refractivity contribution in [1.29, 1.82) is 0 Å². The van der Waals surface area contributed by atoms with E-state index in [0.717, 1.165) is 16.8 Å². The molecule has 1 aliphatic heterocycles. The fourth-order valence-electron chi connectivity index (χ4n) is 2.94. The van der Waals surface area contributed by atoms with E-state index in [1.165, 1.54) is 12.4 Å². The molecular formula is C15H17F2N7O3. The summed E-state index contributed by atoms with van der Waals surface area (Å²) in [6, 6.07) is 1.11. The molecule has 2 N–H and O–H groups in total. The molecule has 10 nitrogen and oxygen atoms in total. The van der Waals surface area contributed by atoms with Crippen molar-refractivity contribution in [2.24, 2.45) is 5.73 Å². The van der Waals surface area contributed by atoms with Gasteiger partial charge < -0.3 is 10.6 Å². The Kier molecular flexibility index (Phi) is 5.26. The van der Waals surface area contributed by atoms with Gasteiger partial charge in [-0.05, 0) is 0 Å². The molecule has 0 atom stereocenters. The monoisotopic (exact) mass is 381 g/mol. The number of imidazole rings is 1. The number of aromatic nitrogens is 3. The lowest BCUT2D eigenvalue weighted by atomic mass is 10.2. The average Bonchev–Trinajstić information content (AvgIpc) is 3.10. The van der Waals surface area contributed by atoms with Crippen molar-refractivity contribution in [3.05, 3.63) is 46.2 Å². The van der Waals surface area contributed by atoms with E-state index in [2.05, 4.69) is 9.97 Å². The fraction of sp³-hybridized carbons (Fsp3) is 0.400. The molecule has 0 unspecified atom stereocenters. The van der Waals surface area contributed by atoms with Gasteiger partial charge in [-0.25, -0.2) is 9.97 Å². The summed E-state index contributed by atoms with van der Waals surface area (Å²) in [4.78, 5) is 33.6. The molecule has 0 saturated carbocycles. The van der Waals surface area contributed by atoms with E-state index in [-0.39, 0.29) is 29.4 Å². The topological polar surface area (TPSA) is 123 Å². The van der Waals surface area contributed by atoms with Gasteiger partial charge in [0, 0.05) is 44.6 Å². The molecule has 0 bridgehead atoms. The molecular weight excluding hydrogens is 364 g/mol. The smallest absolute Gasteiger partial charge is 0.319 e. The molecule has 0 radical (unpaired) electrons. The van der Waals surface area contributed by atoms with Crippen LogP contribution in [-0.4, -0.2) is 56.4 Å². The molecule has 3 heterocycles. The third-order valence-corrected chi connectivity index (χ3v) is 4.32. The molecule has 0 aromatic carbocycles. The van der Waals surface area contributed by atoms with Gasteiger partial charge in [-0.1, -0.05) is 0 Å². The van der Waals surface area contributed by atoms with Crippen LogP contribution >= 0.6 is 0 Å². The average molecular weight is 381 g/mol. The Morgan fingerprint density at radius 3 is 2.59 bits per heavy atom. The number of amides is 1. The Labute approximate surface area is 152 Å². The summed E-state index contributed by atoms with van der Waals surface area (Å²) < 4.78 is 26.6. The van der Waals surface area contributed by atoms with Gasteiger partial charge in [0.1, 0.15) is 17.8 Å². The Morgan fingerprint density at radius 1 is 1.30 bits per heavy atom. The highest BCUT2D eigenvalue weighted by atomic mass is 19.3. The van der Waals surface area contributed by atoms with Gasteiger partial charge >= 0.3 is 6.55 Å². The molecule has 2 aromatic rings. The number of alkyl halides is 2. The van der Waals surface area contributed by atoms with Crippen LogP contribution < -0.4 is 10.6 Å². The number of nitro groups is 1. The van der Waals surface area contributed by atoms with Crippen LogP contribution in [0.4, 0.5) is 20.3 Å². The van der Waals surface area contributed by atoms with Crippen molar-refractivity contribution in [3.8, 4) is 0 Å². The third kappa shape index (κ3) is 4.00. The highest BCUT2D eigenvalue weighted by Crippen LogP contribution is 2.24. The Morgan fingerprint density at radius 2 is 2.00 bits per heavy atom. The minimum absolute atomic E-state index is 0.0223. The number of primary amides is 1. The Hall–Kier alpha value is -3.15. The minimum atomic E-state index is -2.65. The van der Waals surface area contributed by atoms with Crippen molar-refractivity contribution in [2.75, 3.05) is 31.1 Å². The van der Waals surface area contributed by atoms with Gasteiger partial charge in [-0.2, -0.15) is 8.78 Å². The van der Waals surface area contributed by atoms with Crippen LogP contribution in [0.2, 0.25) is 0 Å². The zero-order valence-corrected chi connectivity index (χ0v) is 14.2. The van der Waals surface area contributed by atoms with Gasteiger partial charge in [0.25, 0.3) is 11.6 Å². The predicted octanol–water partition coefficient (Wildman–Crippen LogP) is 1.00. The Bertz CT molecular complexity index is 850. The van der Waals surface area contributed by atoms with Crippen molar-refractivity contribution < 1.29 is 18.5 Å². The van der Waals surface area contributed by atoms with Crippen LogP contribution in [0.25, 0.3) is 0 Å². The predicted molar refractivity (Wildman–Crippen MR) is 90.4 cm³/mol. The zero-order valence-electron chi connectivity index (χ0n) is 14.2. The number of carbonyl (C=O) groups is 1. The van der Waals surface area contributed by atoms with Gasteiger partial charge in [0.2, 0.25) is 0 Å². The molecule has 2 aromatic heterocycles. The van der Waals surface area contributed by atoms with Crippen molar-refractivity contribution in [1.82, 2.24) is 19.4 Å². The number of carbonyl (C=O) groups excluding carboxylic acids is 1. The third-order valence-electron chi connectivity index (χ3n) is 4.32. The molecule has 1 aliphatic rings. The van der Waals surface area contributed by atoms with Crippen LogP contribution in [0.3, 0.4) is 0 Å². The second-order valence-corrected chi connectivity index (χ2v) is 5.98. The van der Waals surface area contributed by atoms with Crippen LogP contribution in [0.1, 0.15) is 22.7 Å². The second kappa shape index (κ2) is 7.61. The molecule has 0 aliphatic carbocycles. The number of pyridine rings is 1. The second-order valence-electron chi connectivity index (χ2n) is 5.98. The van der Waals surface area contributed by atoms with Gasteiger partial charge in [0.15, 0.2) is 0 Å². The molecule has 1 fully saturated rings. The first-order valence-electron chi connectivity index (χ1n) is 8.08. The maximum Gasteiger partial charge on any atom is 0.319 e. The number of piperazine rings is 1. The summed E-state index contributed by atoms with van der Waals surface area (Å²) in [5.74, 6) is -0.255. The van der Waals surface area contributed by atoms with Gasteiger partial charge in [0.05, 0.1) is 17.0 Å². The SMILES string of the molecule is NC(=O)c1cc([N+](=O)[O-])cnc1N1CCN(Cc2nccn2C(F)F)CC1. The first-order chi connectivity index (χ1) is 12.9. The molecule has 1 saturated heterocycles. The van der Waals surface area contributed by atoms with Crippen LogP contribution in [0.15, 0.2) is 24.7 Å². The lowest BCUT2D eigenvalue weighted by Crippen LogP contribution is -2.47. The summed E-state index contributed by atoms with van der Waals surface area (Å²) in [5.41, 5.74) is 5.00. The number of anilines is 1. The van der Waals surface area contributed by atoms with Crippen LogP contribution in [0.5, 0.6) is 0 Å². The Balaban J connectivity index is 1.69. The number of halogens is 2. The van der Waals surface area contributed by atoms with Crippen LogP contribution in [-0.2, 0) is 6.54 Å². The van der Waals surface area contributed by atoms with Crippen LogP contribution in [0, 0.1) is 10.1 Å². The number of rotatable bonds is 6. The summed E-state index contributed by atoms with van der Waals surface area (Å²) in [5, 5.41) is 10.9. The zero-order chi connectivity index (χ0) is 19.6. The lowest BCUT2D eigenvalue weighted by Gasteiger charge is -2.35. The van der Waals surface area contributed by atoms with E-state index in [0.29, 0.717) is 26.2 Å². The summed E-state index contributed by atoms with van der Waals surface area (Å²) in [6.45, 7) is -0.422. The molecule has 27 heavy (non-hydrogen) atoms. The van der Waals surface area contributed by atoms with Crippen molar-refractivity contribution in [3.63, 3.8) is 0 Å². The van der Waals surface area contributed by atoms with E-state index < -0.39 is 17.4 Å². The summed E-state index contributed by atoms with van der Waals surface area (Å²) >= 11 is 0. The molecule has 0 spiro atoms. The maximum absolute atomic E-state index is 12.9. The number of hydrogen-bond acceptors (Lipinski definition) is 7. The normalized spacial score (nSPS) is 15.3. The van der Waals surface area contributed by atoms with Gasteiger partial charge in [-0.3, -0.25) is 24.4 Å². The molecule has 1 amide bonds. The number of hydrogen-bond donors (Lipinski definition) is 1. The first kappa shape index (κ1) is 18.6. The summed E-state index contributed by atoms with van der Waals surface area (Å²) in [7, 11) is 0. The van der Waals surface area contributed by atoms with E-state index in [1.54, 1.807) is 4.90 Å². The lowest BCUT2D eigenvalue weighted by molar-refractivity contribution is -0.385. The van der Waals surface area contributed by atoms with E-state index >= 15 is 0 Å². The van der Waals surface area contributed by atoms with Crippen molar-refractivity contribution >= 4 is 17.4 Å². The van der Waals surface area contributed by atoms with E-state index in [9.17, 15) is 23.7 Å². The van der Waals surface area contributed by atoms with Crippen molar-refractivity contribution in [2.45, 2.75) is 13.1 Å². The van der Waals surface area contributed by atoms with Gasteiger partial charge in [-0.15, -0.1) is 0 Å². The van der Waals surface area contributed by atoms with E-state index in [4.69, 9.17) is 5.73 Å². The largest absolute Gasteiger partial charge is 0.365 e. The quantitative estimate of drug-likeness (QED) is 0.585. The van der Waals surface area contributed by atoms with E-state index in [1.807, 2.05) is 4.90 Å². The maximum atomic E-state index is 12.9. The molecule has 144 valence electrons. The summed E-state index contributed by atoms with van der Waals surface area (Å²) in [6.07, 6.45) is 3.64.